The number of hydrogen-bond donors (Lipinski definition) is 3. The van der Waals surface area contributed by atoms with Gasteiger partial charge in [-0.3, -0.25) is 9.52 Å². The molecule has 0 heterocycles. The van der Waals surface area contributed by atoms with Crippen molar-refractivity contribution in [2.24, 2.45) is 0 Å². The third-order valence-electron chi connectivity index (χ3n) is 3.80. The van der Waals surface area contributed by atoms with Gasteiger partial charge in [-0.25, -0.2) is 8.42 Å². The number of para-hydroxylation sites is 2. The minimum Gasteiger partial charge on any atom is -0.506 e. The summed E-state index contributed by atoms with van der Waals surface area (Å²) >= 11 is 0. The number of nitrogens with one attached hydrogen (secondary N) is 2. The number of carbonyl (C=O) groups is 1. The highest BCUT2D eigenvalue weighted by atomic mass is 32.2. The molecule has 0 aliphatic rings. The number of phenolic OH excluding ortho intramolecular Hbond substituents is 1. The fraction of sp³-hybridized carbons (Fsp3) is 0. The highest BCUT2D eigenvalue weighted by molar-refractivity contribution is 7.95. The molecule has 142 valence electrons. The Morgan fingerprint density at radius 2 is 1.50 bits per heavy atom. The molecular formula is C21H18N2O4S. The van der Waals surface area contributed by atoms with Gasteiger partial charge in [0.25, 0.3) is 15.9 Å². The maximum Gasteiger partial charge on any atom is 0.255 e. The van der Waals surface area contributed by atoms with E-state index in [0.717, 1.165) is 11.0 Å². The summed E-state index contributed by atoms with van der Waals surface area (Å²) in [5.41, 5.74) is 1.72. The van der Waals surface area contributed by atoms with Gasteiger partial charge >= 0.3 is 0 Å². The van der Waals surface area contributed by atoms with Crippen molar-refractivity contribution in [2.75, 3.05) is 10.0 Å². The van der Waals surface area contributed by atoms with Crippen LogP contribution in [0.2, 0.25) is 0 Å². The van der Waals surface area contributed by atoms with Gasteiger partial charge in [0.15, 0.2) is 0 Å². The van der Waals surface area contributed by atoms with Gasteiger partial charge in [-0.2, -0.15) is 0 Å². The quantitative estimate of drug-likeness (QED) is 0.550. The van der Waals surface area contributed by atoms with Crippen LogP contribution in [-0.4, -0.2) is 19.4 Å². The summed E-state index contributed by atoms with van der Waals surface area (Å²) < 4.78 is 26.8. The minimum absolute atomic E-state index is 0.0366. The van der Waals surface area contributed by atoms with Crippen LogP contribution in [0.25, 0.3) is 6.08 Å². The predicted molar refractivity (Wildman–Crippen MR) is 111 cm³/mol. The predicted octanol–water partition coefficient (Wildman–Crippen LogP) is 4.06. The molecule has 0 unspecified atom stereocenters. The zero-order valence-corrected chi connectivity index (χ0v) is 15.6. The topological polar surface area (TPSA) is 95.5 Å². The average molecular weight is 394 g/mol. The summed E-state index contributed by atoms with van der Waals surface area (Å²) in [6.45, 7) is 0. The molecule has 0 aromatic heterocycles. The lowest BCUT2D eigenvalue weighted by Gasteiger charge is -2.08. The van der Waals surface area contributed by atoms with Gasteiger partial charge in [0.1, 0.15) is 5.75 Å². The number of phenols is 1. The fourth-order valence-corrected chi connectivity index (χ4v) is 3.26. The standard InChI is InChI=1S/C21H18N2O4S/c24-20-9-5-4-8-19(20)22-21(25)17-10-12-18(13-11-17)23-28(26,27)15-14-16-6-2-1-3-7-16/h1-15,23-24H,(H,22,25)/b15-14+. The number of sulfonamides is 1. The van der Waals surface area contributed by atoms with Crippen molar-refractivity contribution in [2.45, 2.75) is 0 Å². The summed E-state index contributed by atoms with van der Waals surface area (Å²) in [6.07, 6.45) is 1.50. The minimum atomic E-state index is -3.68. The van der Waals surface area contributed by atoms with E-state index in [9.17, 15) is 18.3 Å². The van der Waals surface area contributed by atoms with Gasteiger partial charge in [-0.15, -0.1) is 0 Å². The van der Waals surface area contributed by atoms with Crippen LogP contribution >= 0.6 is 0 Å². The molecule has 7 heteroatoms. The van der Waals surface area contributed by atoms with Crippen molar-refractivity contribution >= 4 is 33.4 Å². The van der Waals surface area contributed by atoms with Crippen LogP contribution in [0.3, 0.4) is 0 Å². The Bertz CT molecular complexity index is 1090. The van der Waals surface area contributed by atoms with Gasteiger partial charge in [-0.05, 0) is 48.0 Å². The summed E-state index contributed by atoms with van der Waals surface area (Å²) in [4.78, 5) is 12.3. The molecule has 3 N–H and O–H groups in total. The van der Waals surface area contributed by atoms with Gasteiger partial charge in [0.2, 0.25) is 0 Å². The molecule has 0 aliphatic heterocycles. The number of aromatic hydroxyl groups is 1. The van der Waals surface area contributed by atoms with E-state index in [0.29, 0.717) is 16.9 Å². The van der Waals surface area contributed by atoms with Gasteiger partial charge in [0, 0.05) is 11.3 Å². The second-order valence-electron chi connectivity index (χ2n) is 5.91. The smallest absolute Gasteiger partial charge is 0.255 e. The van der Waals surface area contributed by atoms with E-state index in [1.165, 1.54) is 36.4 Å². The SMILES string of the molecule is O=C(Nc1ccccc1O)c1ccc(NS(=O)(=O)/C=C/c2ccccc2)cc1. The van der Waals surface area contributed by atoms with Crippen molar-refractivity contribution in [3.63, 3.8) is 0 Å². The average Bonchev–Trinajstić information content (AvgIpc) is 2.69. The van der Waals surface area contributed by atoms with Gasteiger partial charge in [-0.1, -0.05) is 42.5 Å². The summed E-state index contributed by atoms with van der Waals surface area (Å²) in [7, 11) is -3.68. The van der Waals surface area contributed by atoms with Crippen LogP contribution in [0.15, 0.2) is 84.3 Å². The van der Waals surface area contributed by atoms with E-state index in [1.807, 2.05) is 18.2 Å². The first-order chi connectivity index (χ1) is 13.4. The molecule has 0 spiro atoms. The van der Waals surface area contributed by atoms with E-state index in [2.05, 4.69) is 10.0 Å². The number of hydrogen-bond acceptors (Lipinski definition) is 4. The van der Waals surface area contributed by atoms with E-state index in [-0.39, 0.29) is 5.75 Å². The van der Waals surface area contributed by atoms with E-state index in [4.69, 9.17) is 0 Å². The Kier molecular flexibility index (Phi) is 5.76. The lowest BCUT2D eigenvalue weighted by Crippen LogP contribution is -2.12. The summed E-state index contributed by atoms with van der Waals surface area (Å²) in [5, 5.41) is 13.4. The number of amides is 1. The second-order valence-corrected chi connectivity index (χ2v) is 7.48. The largest absolute Gasteiger partial charge is 0.506 e. The van der Waals surface area contributed by atoms with Gasteiger partial charge < -0.3 is 10.4 Å². The lowest BCUT2D eigenvalue weighted by molar-refractivity contribution is 0.102. The third kappa shape index (κ3) is 5.21. The first-order valence-electron chi connectivity index (χ1n) is 8.38. The van der Waals surface area contributed by atoms with Crippen molar-refractivity contribution < 1.29 is 18.3 Å². The molecule has 28 heavy (non-hydrogen) atoms. The van der Waals surface area contributed by atoms with Crippen LogP contribution in [0.4, 0.5) is 11.4 Å². The molecule has 1 amide bonds. The Morgan fingerprint density at radius 3 is 2.18 bits per heavy atom. The van der Waals surface area contributed by atoms with Crippen molar-refractivity contribution in [3.05, 3.63) is 95.4 Å². The third-order valence-corrected chi connectivity index (χ3v) is 4.81. The Labute approximate surface area is 163 Å². The van der Waals surface area contributed by atoms with Crippen molar-refractivity contribution in [3.8, 4) is 5.75 Å². The number of benzene rings is 3. The van der Waals surface area contributed by atoms with Crippen LogP contribution in [0.1, 0.15) is 15.9 Å². The highest BCUT2D eigenvalue weighted by Crippen LogP contribution is 2.22. The van der Waals surface area contributed by atoms with Crippen LogP contribution in [0, 0.1) is 0 Å². The monoisotopic (exact) mass is 394 g/mol. The summed E-state index contributed by atoms with van der Waals surface area (Å²) in [6, 6.07) is 21.4. The molecule has 0 atom stereocenters. The Morgan fingerprint density at radius 1 is 0.857 bits per heavy atom. The zero-order chi connectivity index (χ0) is 20.0. The number of anilines is 2. The van der Waals surface area contributed by atoms with E-state index in [1.54, 1.807) is 30.3 Å². The molecule has 3 aromatic carbocycles. The van der Waals surface area contributed by atoms with E-state index >= 15 is 0 Å². The second kappa shape index (κ2) is 8.41. The number of rotatable bonds is 6. The maximum absolute atomic E-state index is 12.3. The maximum atomic E-state index is 12.3. The Hall–Kier alpha value is -3.58. The van der Waals surface area contributed by atoms with Crippen LogP contribution in [0.5, 0.6) is 5.75 Å². The van der Waals surface area contributed by atoms with Crippen molar-refractivity contribution in [1.29, 1.82) is 0 Å². The molecule has 0 saturated heterocycles. The van der Waals surface area contributed by atoms with Gasteiger partial charge in [0.05, 0.1) is 11.1 Å². The highest BCUT2D eigenvalue weighted by Gasteiger charge is 2.10. The molecule has 0 aliphatic carbocycles. The molecule has 0 fully saturated rings. The molecule has 3 rings (SSSR count). The molecule has 0 bridgehead atoms. The molecule has 0 radical (unpaired) electrons. The number of carbonyl (C=O) groups excluding carboxylic acids is 1. The molecule has 0 saturated carbocycles. The zero-order valence-electron chi connectivity index (χ0n) is 14.7. The fourth-order valence-electron chi connectivity index (χ4n) is 2.39. The summed E-state index contributed by atoms with van der Waals surface area (Å²) in [5.74, 6) is -0.453. The van der Waals surface area contributed by atoms with Crippen LogP contribution < -0.4 is 10.0 Å². The van der Waals surface area contributed by atoms with Crippen molar-refractivity contribution in [1.82, 2.24) is 0 Å². The molecular weight excluding hydrogens is 376 g/mol. The lowest BCUT2D eigenvalue weighted by atomic mass is 10.2. The Balaban J connectivity index is 1.66. The first kappa shape index (κ1) is 19.2. The normalized spacial score (nSPS) is 11.3. The molecule has 3 aromatic rings. The first-order valence-corrected chi connectivity index (χ1v) is 9.93. The molecule has 6 nitrogen and oxygen atoms in total. The van der Waals surface area contributed by atoms with E-state index < -0.39 is 15.9 Å². The van der Waals surface area contributed by atoms with Crippen LogP contribution in [-0.2, 0) is 10.0 Å².